The van der Waals surface area contributed by atoms with E-state index in [0.717, 1.165) is 40.4 Å². The van der Waals surface area contributed by atoms with Gasteiger partial charge in [-0.3, -0.25) is 5.10 Å². The molecule has 2 heterocycles. The molecule has 0 aliphatic rings. The van der Waals surface area contributed by atoms with Gasteiger partial charge in [0, 0.05) is 17.0 Å². The van der Waals surface area contributed by atoms with Gasteiger partial charge in [-0.05, 0) is 68.7 Å². The highest BCUT2D eigenvalue weighted by Gasteiger charge is 2.07. The Morgan fingerprint density at radius 3 is 2.35 bits per heavy atom. The summed E-state index contributed by atoms with van der Waals surface area (Å²) in [5.41, 5.74) is 9.03. The summed E-state index contributed by atoms with van der Waals surface area (Å²) < 4.78 is 2.00. The van der Waals surface area contributed by atoms with Gasteiger partial charge in [0.2, 0.25) is 0 Å². The van der Waals surface area contributed by atoms with Gasteiger partial charge in [0.15, 0.2) is 0 Å². The van der Waals surface area contributed by atoms with Crippen LogP contribution in [-0.2, 0) is 6.42 Å². The van der Waals surface area contributed by atoms with Crippen LogP contribution in [-0.4, -0.2) is 20.0 Å². The molecule has 4 nitrogen and oxygen atoms in total. The van der Waals surface area contributed by atoms with Crippen LogP contribution in [0.25, 0.3) is 16.9 Å². The van der Waals surface area contributed by atoms with Crippen LogP contribution in [0, 0.1) is 20.8 Å². The molecule has 2 aromatic carbocycles. The fourth-order valence-corrected chi connectivity index (χ4v) is 3.33. The van der Waals surface area contributed by atoms with E-state index >= 15 is 0 Å². The molecule has 0 saturated heterocycles. The van der Waals surface area contributed by atoms with Gasteiger partial charge in [0.1, 0.15) is 0 Å². The Kier molecular flexibility index (Phi) is 4.17. The van der Waals surface area contributed by atoms with Crippen molar-refractivity contribution in [3.05, 3.63) is 88.9 Å². The van der Waals surface area contributed by atoms with E-state index < -0.39 is 0 Å². The number of nitrogens with zero attached hydrogens (tertiary/aromatic N) is 3. The Morgan fingerprint density at radius 2 is 1.65 bits per heavy atom. The normalized spacial score (nSPS) is 11.0. The summed E-state index contributed by atoms with van der Waals surface area (Å²) >= 11 is 0. The topological polar surface area (TPSA) is 46.5 Å². The number of aromatic nitrogens is 4. The lowest BCUT2D eigenvalue weighted by molar-refractivity contribution is 0.832. The number of H-pyrrole nitrogens is 1. The summed E-state index contributed by atoms with van der Waals surface area (Å²) in [4.78, 5) is 0. The van der Waals surface area contributed by atoms with Crippen LogP contribution in [0.15, 0.2) is 60.7 Å². The Hall–Kier alpha value is -3.14. The average molecular weight is 342 g/mol. The number of aromatic amines is 1. The molecular weight excluding hydrogens is 320 g/mol. The molecule has 26 heavy (non-hydrogen) atoms. The molecule has 4 aromatic rings. The van der Waals surface area contributed by atoms with E-state index in [4.69, 9.17) is 0 Å². The van der Waals surface area contributed by atoms with Crippen molar-refractivity contribution < 1.29 is 0 Å². The largest absolute Gasteiger partial charge is 0.282 e. The number of nitrogens with one attached hydrogen (secondary N) is 1. The van der Waals surface area contributed by atoms with Gasteiger partial charge < -0.3 is 0 Å². The lowest BCUT2D eigenvalue weighted by Gasteiger charge is -2.08. The Bertz CT molecular complexity index is 1060. The predicted octanol–water partition coefficient (Wildman–Crippen LogP) is 4.78. The van der Waals surface area contributed by atoms with Gasteiger partial charge in [-0.1, -0.05) is 30.3 Å². The third-order valence-corrected chi connectivity index (χ3v) is 4.50. The molecular formula is C22H22N4. The molecule has 2 aromatic heterocycles. The lowest BCUT2D eigenvalue weighted by Crippen LogP contribution is -2.00. The third-order valence-electron chi connectivity index (χ3n) is 4.50. The maximum absolute atomic E-state index is 4.59. The van der Waals surface area contributed by atoms with E-state index in [-0.39, 0.29) is 0 Å². The first-order valence-corrected chi connectivity index (χ1v) is 8.82. The average Bonchev–Trinajstić information content (AvgIpc) is 3.20. The van der Waals surface area contributed by atoms with Crippen molar-refractivity contribution in [2.24, 2.45) is 0 Å². The Morgan fingerprint density at radius 1 is 0.885 bits per heavy atom. The van der Waals surface area contributed by atoms with E-state index in [9.17, 15) is 0 Å². The van der Waals surface area contributed by atoms with Crippen LogP contribution in [0.5, 0.6) is 0 Å². The van der Waals surface area contributed by atoms with Crippen LogP contribution in [0.2, 0.25) is 0 Å². The second-order valence-electron chi connectivity index (χ2n) is 6.82. The first-order chi connectivity index (χ1) is 12.6. The molecule has 0 bridgehead atoms. The van der Waals surface area contributed by atoms with Crippen molar-refractivity contribution in [3.63, 3.8) is 0 Å². The first-order valence-electron chi connectivity index (χ1n) is 8.82. The molecule has 0 aliphatic heterocycles. The van der Waals surface area contributed by atoms with Crippen LogP contribution in [0.3, 0.4) is 0 Å². The van der Waals surface area contributed by atoms with E-state index in [0.29, 0.717) is 0 Å². The van der Waals surface area contributed by atoms with Crippen molar-refractivity contribution in [1.82, 2.24) is 20.0 Å². The minimum Gasteiger partial charge on any atom is -0.282 e. The van der Waals surface area contributed by atoms with Crippen molar-refractivity contribution in [2.45, 2.75) is 27.2 Å². The van der Waals surface area contributed by atoms with E-state index in [1.54, 1.807) is 0 Å². The number of aryl methyl sites for hydroxylation is 3. The summed E-state index contributed by atoms with van der Waals surface area (Å²) in [5, 5.41) is 12.0. The van der Waals surface area contributed by atoms with E-state index in [1.807, 2.05) is 18.5 Å². The fourth-order valence-electron chi connectivity index (χ4n) is 3.33. The molecule has 4 rings (SSSR count). The highest BCUT2D eigenvalue weighted by molar-refractivity contribution is 5.60. The highest BCUT2D eigenvalue weighted by atomic mass is 15.3. The molecule has 0 saturated carbocycles. The van der Waals surface area contributed by atoms with Crippen LogP contribution >= 0.6 is 0 Å². The number of hydrogen-bond donors (Lipinski definition) is 1. The van der Waals surface area contributed by atoms with Crippen molar-refractivity contribution >= 4 is 0 Å². The molecule has 0 radical (unpaired) electrons. The first kappa shape index (κ1) is 16.3. The van der Waals surface area contributed by atoms with Crippen LogP contribution in [0.4, 0.5) is 0 Å². The van der Waals surface area contributed by atoms with Gasteiger partial charge in [-0.2, -0.15) is 10.2 Å². The maximum Gasteiger partial charge on any atom is 0.0923 e. The van der Waals surface area contributed by atoms with Crippen LogP contribution in [0.1, 0.15) is 28.2 Å². The zero-order valence-corrected chi connectivity index (χ0v) is 15.3. The molecule has 0 amide bonds. The number of benzene rings is 2. The molecule has 1 N–H and O–H groups in total. The van der Waals surface area contributed by atoms with Gasteiger partial charge in [0.25, 0.3) is 0 Å². The molecule has 0 fully saturated rings. The van der Waals surface area contributed by atoms with Gasteiger partial charge in [0.05, 0.1) is 17.1 Å². The van der Waals surface area contributed by atoms with Crippen molar-refractivity contribution in [2.75, 3.05) is 0 Å². The minimum atomic E-state index is 0.879. The third kappa shape index (κ3) is 3.31. The zero-order valence-electron chi connectivity index (χ0n) is 15.3. The second kappa shape index (κ2) is 6.64. The minimum absolute atomic E-state index is 0.879. The number of hydrogen-bond acceptors (Lipinski definition) is 2. The smallest absolute Gasteiger partial charge is 0.0923 e. The van der Waals surface area contributed by atoms with Gasteiger partial charge in [-0.15, -0.1) is 0 Å². The summed E-state index contributed by atoms with van der Waals surface area (Å²) in [6.45, 7) is 6.13. The highest BCUT2D eigenvalue weighted by Crippen LogP contribution is 2.21. The van der Waals surface area contributed by atoms with Gasteiger partial charge in [-0.25, -0.2) is 4.68 Å². The summed E-state index contributed by atoms with van der Waals surface area (Å²) in [6, 6.07) is 21.3. The van der Waals surface area contributed by atoms with E-state index in [1.165, 1.54) is 11.1 Å². The Labute approximate surface area is 153 Å². The SMILES string of the molecule is Cc1cc(C)n(-c2cccc(Cc3cccc(-c4cc(C)[nH]n4)c3)c2)n1. The Balaban J connectivity index is 1.62. The second-order valence-corrected chi connectivity index (χ2v) is 6.82. The quantitative estimate of drug-likeness (QED) is 0.580. The maximum atomic E-state index is 4.59. The van der Waals surface area contributed by atoms with Crippen molar-refractivity contribution in [1.29, 1.82) is 0 Å². The predicted molar refractivity (Wildman–Crippen MR) is 105 cm³/mol. The molecule has 0 atom stereocenters. The van der Waals surface area contributed by atoms with Crippen molar-refractivity contribution in [3.8, 4) is 16.9 Å². The summed E-state index contributed by atoms with van der Waals surface area (Å²) in [6.07, 6.45) is 0.879. The van der Waals surface area contributed by atoms with E-state index in [2.05, 4.69) is 82.9 Å². The number of rotatable bonds is 4. The lowest BCUT2D eigenvalue weighted by atomic mass is 10.0. The molecule has 4 heteroatoms. The standard InChI is InChI=1S/C22H22N4/c1-15-11-22(24-23-15)20-8-4-6-18(13-20)12-19-7-5-9-21(14-19)26-17(3)10-16(2)25-26/h4-11,13-14H,12H2,1-3H3,(H,23,24). The molecule has 130 valence electrons. The fraction of sp³-hybridized carbons (Fsp3) is 0.182. The van der Waals surface area contributed by atoms with Crippen LogP contribution < -0.4 is 0 Å². The van der Waals surface area contributed by atoms with Gasteiger partial charge >= 0.3 is 0 Å². The monoisotopic (exact) mass is 342 g/mol. The summed E-state index contributed by atoms with van der Waals surface area (Å²) in [7, 11) is 0. The summed E-state index contributed by atoms with van der Waals surface area (Å²) in [5.74, 6) is 0. The molecule has 0 spiro atoms. The zero-order chi connectivity index (χ0) is 18.1. The molecule has 0 aliphatic carbocycles. The molecule has 0 unspecified atom stereocenters.